The first-order valence-corrected chi connectivity index (χ1v) is 8.19. The summed E-state index contributed by atoms with van der Waals surface area (Å²) in [4.78, 5) is 12.4. The second-order valence-corrected chi connectivity index (χ2v) is 6.23. The van der Waals surface area contributed by atoms with Gasteiger partial charge in [-0.2, -0.15) is 0 Å². The summed E-state index contributed by atoms with van der Waals surface area (Å²) >= 11 is 0. The van der Waals surface area contributed by atoms with Crippen molar-refractivity contribution in [3.05, 3.63) is 64.7 Å². The summed E-state index contributed by atoms with van der Waals surface area (Å²) < 4.78 is 5.55. The van der Waals surface area contributed by atoms with Crippen molar-refractivity contribution in [2.24, 2.45) is 0 Å². The number of amides is 1. The number of hydrogen-bond acceptors (Lipinski definition) is 2. The topological polar surface area (TPSA) is 38.3 Å². The molecular formula is C20H23NO2. The van der Waals surface area contributed by atoms with Gasteiger partial charge in [0, 0.05) is 17.5 Å². The summed E-state index contributed by atoms with van der Waals surface area (Å²) in [5.41, 5.74) is 4.33. The molecule has 0 aliphatic heterocycles. The molecule has 0 bridgehead atoms. The second kappa shape index (κ2) is 6.45. The van der Waals surface area contributed by atoms with Gasteiger partial charge in [0.25, 0.3) is 5.91 Å². The normalized spacial score (nSPS) is 19.3. The molecule has 0 saturated heterocycles. The summed E-state index contributed by atoms with van der Waals surface area (Å²) in [5, 5.41) is 3.14. The van der Waals surface area contributed by atoms with Crippen LogP contribution in [0.4, 0.5) is 0 Å². The van der Waals surface area contributed by atoms with Crippen molar-refractivity contribution in [1.29, 1.82) is 0 Å². The molecule has 1 amide bonds. The number of carbonyl (C=O) groups excluding carboxylic acids is 1. The van der Waals surface area contributed by atoms with E-state index in [1.165, 1.54) is 11.1 Å². The van der Waals surface area contributed by atoms with E-state index in [1.54, 1.807) is 0 Å². The first kappa shape index (κ1) is 15.6. The first-order chi connectivity index (χ1) is 11.1. The highest BCUT2D eigenvalue weighted by atomic mass is 16.5. The van der Waals surface area contributed by atoms with Crippen LogP contribution in [0.2, 0.25) is 0 Å². The van der Waals surface area contributed by atoms with E-state index in [0.29, 0.717) is 12.5 Å². The zero-order chi connectivity index (χ0) is 16.4. The molecule has 0 heterocycles. The van der Waals surface area contributed by atoms with Gasteiger partial charge in [0.1, 0.15) is 5.75 Å². The van der Waals surface area contributed by atoms with Crippen LogP contribution in [-0.4, -0.2) is 18.6 Å². The number of carbonyl (C=O) groups is 1. The molecule has 1 aliphatic carbocycles. The third-order valence-electron chi connectivity index (χ3n) is 4.47. The Kier molecular flexibility index (Phi) is 4.37. The van der Waals surface area contributed by atoms with Crippen LogP contribution in [0.15, 0.2) is 42.5 Å². The standard InChI is InChI=1S/C20H23NO2/c1-4-23-17-7-5-6-15(11-17)18-12-19(18)21-20(22)16-9-8-13(2)14(3)10-16/h5-11,18-19H,4,12H2,1-3H3,(H,21,22)/t18-,19+/m0/s1. The zero-order valence-electron chi connectivity index (χ0n) is 13.9. The molecule has 3 rings (SSSR count). The van der Waals surface area contributed by atoms with E-state index >= 15 is 0 Å². The Labute approximate surface area is 137 Å². The Morgan fingerprint density at radius 1 is 1.17 bits per heavy atom. The molecule has 2 aromatic rings. The molecule has 2 atom stereocenters. The fourth-order valence-corrected chi connectivity index (χ4v) is 2.86. The molecule has 0 unspecified atom stereocenters. The SMILES string of the molecule is CCOc1cccc([C@@H]2C[C@H]2NC(=O)c2ccc(C)c(C)c2)c1. The molecule has 3 heteroatoms. The molecule has 3 nitrogen and oxygen atoms in total. The van der Waals surface area contributed by atoms with E-state index in [9.17, 15) is 4.79 Å². The van der Waals surface area contributed by atoms with E-state index in [4.69, 9.17) is 4.74 Å². The fourth-order valence-electron chi connectivity index (χ4n) is 2.86. The van der Waals surface area contributed by atoms with Gasteiger partial charge in [-0.15, -0.1) is 0 Å². The van der Waals surface area contributed by atoms with Crippen LogP contribution in [0.3, 0.4) is 0 Å². The van der Waals surface area contributed by atoms with Crippen molar-refractivity contribution in [3.63, 3.8) is 0 Å². The number of hydrogen-bond donors (Lipinski definition) is 1. The molecule has 0 radical (unpaired) electrons. The summed E-state index contributed by atoms with van der Waals surface area (Å²) in [7, 11) is 0. The van der Waals surface area contributed by atoms with Gasteiger partial charge in [-0.05, 0) is 68.1 Å². The minimum atomic E-state index is 0.0153. The maximum Gasteiger partial charge on any atom is 0.251 e. The summed E-state index contributed by atoms with van der Waals surface area (Å²) in [5.74, 6) is 1.31. The van der Waals surface area contributed by atoms with Gasteiger partial charge in [-0.3, -0.25) is 4.79 Å². The van der Waals surface area contributed by atoms with Gasteiger partial charge in [0.05, 0.1) is 6.61 Å². The third kappa shape index (κ3) is 3.55. The molecule has 1 N–H and O–H groups in total. The highest BCUT2D eigenvalue weighted by Gasteiger charge is 2.39. The Morgan fingerprint density at radius 3 is 2.74 bits per heavy atom. The van der Waals surface area contributed by atoms with Crippen LogP contribution in [0.25, 0.3) is 0 Å². The predicted octanol–water partition coefficient (Wildman–Crippen LogP) is 3.99. The van der Waals surface area contributed by atoms with Crippen LogP contribution in [0.1, 0.15) is 46.3 Å². The lowest BCUT2D eigenvalue weighted by atomic mass is 10.1. The lowest BCUT2D eigenvalue weighted by Gasteiger charge is -2.08. The second-order valence-electron chi connectivity index (χ2n) is 6.23. The monoisotopic (exact) mass is 309 g/mol. The minimum absolute atomic E-state index is 0.0153. The molecular weight excluding hydrogens is 286 g/mol. The molecule has 0 aromatic heterocycles. The van der Waals surface area contributed by atoms with Gasteiger partial charge in [0.2, 0.25) is 0 Å². The Morgan fingerprint density at radius 2 is 2.00 bits per heavy atom. The van der Waals surface area contributed by atoms with Crippen LogP contribution < -0.4 is 10.1 Å². The lowest BCUT2D eigenvalue weighted by molar-refractivity contribution is 0.0950. The molecule has 1 fully saturated rings. The van der Waals surface area contributed by atoms with Gasteiger partial charge >= 0.3 is 0 Å². The highest BCUT2D eigenvalue weighted by Crippen LogP contribution is 2.41. The molecule has 0 spiro atoms. The fraction of sp³-hybridized carbons (Fsp3) is 0.350. The van der Waals surface area contributed by atoms with Crippen molar-refractivity contribution >= 4 is 5.91 Å². The minimum Gasteiger partial charge on any atom is -0.494 e. The smallest absolute Gasteiger partial charge is 0.251 e. The maximum absolute atomic E-state index is 12.4. The number of ether oxygens (including phenoxy) is 1. The van der Waals surface area contributed by atoms with Gasteiger partial charge in [-0.25, -0.2) is 0 Å². The Balaban J connectivity index is 1.63. The maximum atomic E-state index is 12.4. The molecule has 2 aromatic carbocycles. The summed E-state index contributed by atoms with van der Waals surface area (Å²) in [6.45, 7) is 6.74. The Bertz CT molecular complexity index is 723. The average Bonchev–Trinajstić information content (AvgIpc) is 3.30. The molecule has 120 valence electrons. The molecule has 1 aliphatic rings. The van der Waals surface area contributed by atoms with E-state index in [1.807, 2.05) is 44.2 Å². The van der Waals surface area contributed by atoms with Gasteiger partial charge in [0.15, 0.2) is 0 Å². The van der Waals surface area contributed by atoms with Crippen LogP contribution in [0.5, 0.6) is 5.75 Å². The van der Waals surface area contributed by atoms with Crippen molar-refractivity contribution in [1.82, 2.24) is 5.32 Å². The predicted molar refractivity (Wildman–Crippen MR) is 92.1 cm³/mol. The summed E-state index contributed by atoms with van der Waals surface area (Å²) in [6, 6.07) is 14.2. The largest absolute Gasteiger partial charge is 0.494 e. The average molecular weight is 309 g/mol. The van der Waals surface area contributed by atoms with Crippen molar-refractivity contribution in [3.8, 4) is 5.75 Å². The first-order valence-electron chi connectivity index (χ1n) is 8.19. The molecule has 23 heavy (non-hydrogen) atoms. The quantitative estimate of drug-likeness (QED) is 0.907. The number of aryl methyl sites for hydroxylation is 2. The summed E-state index contributed by atoms with van der Waals surface area (Å²) in [6.07, 6.45) is 0.992. The third-order valence-corrected chi connectivity index (χ3v) is 4.47. The van der Waals surface area contributed by atoms with Crippen molar-refractivity contribution < 1.29 is 9.53 Å². The van der Waals surface area contributed by atoms with Crippen molar-refractivity contribution in [2.75, 3.05) is 6.61 Å². The molecule has 1 saturated carbocycles. The van der Waals surface area contributed by atoms with Crippen molar-refractivity contribution in [2.45, 2.75) is 39.2 Å². The highest BCUT2D eigenvalue weighted by molar-refractivity contribution is 5.95. The van der Waals surface area contributed by atoms with Crippen LogP contribution in [-0.2, 0) is 0 Å². The van der Waals surface area contributed by atoms with E-state index < -0.39 is 0 Å². The van der Waals surface area contributed by atoms with Crippen LogP contribution in [0, 0.1) is 13.8 Å². The number of benzene rings is 2. The van der Waals surface area contributed by atoms with E-state index in [2.05, 4.69) is 24.4 Å². The van der Waals surface area contributed by atoms with Gasteiger partial charge < -0.3 is 10.1 Å². The Hall–Kier alpha value is -2.29. The van der Waals surface area contributed by atoms with E-state index in [-0.39, 0.29) is 11.9 Å². The zero-order valence-corrected chi connectivity index (χ0v) is 13.9. The number of nitrogens with one attached hydrogen (secondary N) is 1. The lowest BCUT2D eigenvalue weighted by Crippen LogP contribution is -2.26. The van der Waals surface area contributed by atoms with Crippen LogP contribution >= 0.6 is 0 Å². The van der Waals surface area contributed by atoms with E-state index in [0.717, 1.165) is 23.3 Å². The number of rotatable bonds is 5. The van der Waals surface area contributed by atoms with Gasteiger partial charge in [-0.1, -0.05) is 18.2 Å².